The van der Waals surface area contributed by atoms with Gasteiger partial charge in [-0.1, -0.05) is 30.3 Å². The maximum Gasteiger partial charge on any atom is 0.260 e. The molecule has 0 aliphatic carbocycles. The summed E-state index contributed by atoms with van der Waals surface area (Å²) < 4.78 is 27.5. The number of hydrogen-bond donors (Lipinski definition) is 0. The molecule has 4 rings (SSSR count). The molecule has 7 heteroatoms. The van der Waals surface area contributed by atoms with Gasteiger partial charge in [0, 0.05) is 7.05 Å². The maximum absolute atomic E-state index is 14.4. The molecule has 2 atom stereocenters. The van der Waals surface area contributed by atoms with Gasteiger partial charge in [0.25, 0.3) is 5.91 Å². The third kappa shape index (κ3) is 3.84. The molecule has 2 aromatic carbocycles. The molecule has 0 bridgehead atoms. The molecule has 1 aliphatic heterocycles. The Hall–Kier alpha value is -2.93. The molecule has 146 valence electrons. The summed E-state index contributed by atoms with van der Waals surface area (Å²) in [7, 11) is 1.91. The Morgan fingerprint density at radius 1 is 1.14 bits per heavy atom. The highest BCUT2D eigenvalue weighted by Crippen LogP contribution is 2.20. The van der Waals surface area contributed by atoms with E-state index in [1.807, 2.05) is 54.1 Å². The van der Waals surface area contributed by atoms with Gasteiger partial charge in [-0.3, -0.25) is 4.79 Å². The lowest BCUT2D eigenvalue weighted by Crippen LogP contribution is -2.34. The second-order valence-electron chi connectivity index (χ2n) is 6.84. The molecule has 3 aromatic rings. The Morgan fingerprint density at radius 2 is 1.89 bits per heavy atom. The first-order valence-electron chi connectivity index (χ1n) is 9.23. The van der Waals surface area contributed by atoms with Crippen LogP contribution in [0.25, 0.3) is 11.0 Å². The molecule has 28 heavy (non-hydrogen) atoms. The van der Waals surface area contributed by atoms with E-state index < -0.39 is 12.3 Å². The molecular formula is C21H22FN3O3. The van der Waals surface area contributed by atoms with Crippen molar-refractivity contribution < 1.29 is 18.7 Å². The van der Waals surface area contributed by atoms with E-state index in [1.54, 1.807) is 12.1 Å². The summed E-state index contributed by atoms with van der Waals surface area (Å²) in [4.78, 5) is 18.3. The average Bonchev–Trinajstić information content (AvgIpc) is 3.25. The van der Waals surface area contributed by atoms with Crippen molar-refractivity contribution in [3.05, 3.63) is 60.4 Å². The van der Waals surface area contributed by atoms with E-state index >= 15 is 0 Å². The Balaban J connectivity index is 1.32. The highest BCUT2D eigenvalue weighted by Gasteiger charge is 2.36. The molecule has 1 aromatic heterocycles. The van der Waals surface area contributed by atoms with Crippen LogP contribution in [0.5, 0.6) is 5.75 Å². The van der Waals surface area contributed by atoms with Crippen molar-refractivity contribution in [2.45, 2.75) is 18.9 Å². The summed E-state index contributed by atoms with van der Waals surface area (Å²) in [5, 5.41) is 0. The van der Waals surface area contributed by atoms with Crippen LogP contribution in [0.3, 0.4) is 0 Å². The Kier molecular flexibility index (Phi) is 5.25. The maximum atomic E-state index is 14.4. The largest absolute Gasteiger partial charge is 0.484 e. The molecule has 0 radical (unpaired) electrons. The number of fused-ring (bicyclic) bond motifs is 1. The second-order valence-corrected chi connectivity index (χ2v) is 6.84. The summed E-state index contributed by atoms with van der Waals surface area (Å²) in [5.41, 5.74) is 1.88. The molecule has 2 heterocycles. The van der Waals surface area contributed by atoms with Crippen LogP contribution in [0.4, 0.5) is 4.39 Å². The molecule has 6 nitrogen and oxygen atoms in total. The number of halogens is 1. The standard InChI is InChI=1S/C21H22FN3O3/c1-24-18-10-6-5-9-17(18)23-20(24)13-28-19-12-25(11-16(19)22)21(26)14-27-15-7-3-2-4-8-15/h2-10,16,19H,11-14H2,1H3/t16-,19+/m1/s1. The van der Waals surface area contributed by atoms with E-state index in [9.17, 15) is 9.18 Å². The van der Waals surface area contributed by atoms with Crippen molar-refractivity contribution in [2.24, 2.45) is 7.05 Å². The zero-order chi connectivity index (χ0) is 19.5. The summed E-state index contributed by atoms with van der Waals surface area (Å²) >= 11 is 0. The molecule has 1 saturated heterocycles. The second kappa shape index (κ2) is 7.98. The minimum atomic E-state index is -1.23. The van der Waals surface area contributed by atoms with Crippen LogP contribution in [0, 0.1) is 0 Å². The zero-order valence-corrected chi connectivity index (χ0v) is 15.6. The summed E-state index contributed by atoms with van der Waals surface area (Å²) in [6.07, 6.45) is -1.89. The topological polar surface area (TPSA) is 56.6 Å². The lowest BCUT2D eigenvalue weighted by Gasteiger charge is -2.16. The molecule has 0 N–H and O–H groups in total. The van der Waals surface area contributed by atoms with E-state index in [2.05, 4.69) is 4.98 Å². The van der Waals surface area contributed by atoms with Gasteiger partial charge in [0.15, 0.2) is 6.61 Å². The molecule has 1 fully saturated rings. The van der Waals surface area contributed by atoms with Crippen LogP contribution in [0.15, 0.2) is 54.6 Å². The van der Waals surface area contributed by atoms with Gasteiger partial charge < -0.3 is 18.9 Å². The van der Waals surface area contributed by atoms with Crippen LogP contribution in [0.1, 0.15) is 5.82 Å². The number of nitrogens with zero attached hydrogens (tertiary/aromatic N) is 3. The minimum absolute atomic E-state index is 0.0180. The number of hydrogen-bond acceptors (Lipinski definition) is 4. The quantitative estimate of drug-likeness (QED) is 0.657. The van der Waals surface area contributed by atoms with Crippen molar-refractivity contribution in [3.8, 4) is 5.75 Å². The van der Waals surface area contributed by atoms with E-state index in [1.165, 1.54) is 4.90 Å². The number of rotatable bonds is 6. The Bertz CT molecular complexity index is 960. The third-order valence-electron chi connectivity index (χ3n) is 4.96. The number of imidazole rings is 1. The van der Waals surface area contributed by atoms with Crippen molar-refractivity contribution >= 4 is 16.9 Å². The normalized spacial score (nSPS) is 19.3. The van der Waals surface area contributed by atoms with E-state index in [4.69, 9.17) is 9.47 Å². The number of para-hydroxylation sites is 3. The fraction of sp³-hybridized carbons (Fsp3) is 0.333. The van der Waals surface area contributed by atoms with Gasteiger partial charge >= 0.3 is 0 Å². The van der Waals surface area contributed by atoms with Gasteiger partial charge in [0.05, 0.1) is 24.1 Å². The van der Waals surface area contributed by atoms with Gasteiger partial charge in [-0.25, -0.2) is 9.37 Å². The number of amides is 1. The number of aromatic nitrogens is 2. The van der Waals surface area contributed by atoms with Crippen LogP contribution >= 0.6 is 0 Å². The number of aryl methyl sites for hydroxylation is 1. The first kappa shape index (κ1) is 18.4. The lowest BCUT2D eigenvalue weighted by molar-refractivity contribution is -0.132. The molecule has 1 aliphatic rings. The predicted molar refractivity (Wildman–Crippen MR) is 103 cm³/mol. The lowest BCUT2D eigenvalue weighted by atomic mass is 10.3. The minimum Gasteiger partial charge on any atom is -0.484 e. The number of benzene rings is 2. The van der Waals surface area contributed by atoms with Crippen molar-refractivity contribution in [2.75, 3.05) is 19.7 Å². The van der Waals surface area contributed by atoms with Crippen LogP contribution in [0.2, 0.25) is 0 Å². The molecular weight excluding hydrogens is 361 g/mol. The van der Waals surface area contributed by atoms with Crippen LogP contribution < -0.4 is 4.74 Å². The monoisotopic (exact) mass is 383 g/mol. The Labute approximate surface area is 162 Å². The van der Waals surface area contributed by atoms with E-state index in [0.29, 0.717) is 5.75 Å². The zero-order valence-electron chi connectivity index (χ0n) is 15.6. The molecule has 1 amide bonds. The van der Waals surface area contributed by atoms with Gasteiger partial charge in [-0.05, 0) is 24.3 Å². The number of likely N-dealkylation sites (tertiary alicyclic amines) is 1. The van der Waals surface area contributed by atoms with Gasteiger partial charge in [-0.15, -0.1) is 0 Å². The van der Waals surface area contributed by atoms with Gasteiger partial charge in [0.2, 0.25) is 0 Å². The molecule has 0 saturated carbocycles. The van der Waals surface area contributed by atoms with Crippen molar-refractivity contribution in [3.63, 3.8) is 0 Å². The number of carbonyl (C=O) groups excluding carboxylic acids is 1. The van der Waals surface area contributed by atoms with E-state index in [-0.39, 0.29) is 32.2 Å². The van der Waals surface area contributed by atoms with Crippen LogP contribution in [-0.4, -0.2) is 52.3 Å². The number of ether oxygens (including phenoxy) is 2. The highest BCUT2D eigenvalue weighted by molar-refractivity contribution is 5.78. The first-order valence-corrected chi connectivity index (χ1v) is 9.23. The van der Waals surface area contributed by atoms with E-state index in [0.717, 1.165) is 16.9 Å². The first-order chi connectivity index (χ1) is 13.6. The number of carbonyl (C=O) groups is 1. The summed E-state index contributed by atoms with van der Waals surface area (Å²) in [6.45, 7) is 0.305. The smallest absolute Gasteiger partial charge is 0.260 e. The molecule has 0 spiro atoms. The van der Waals surface area contributed by atoms with Crippen molar-refractivity contribution in [1.82, 2.24) is 14.5 Å². The van der Waals surface area contributed by atoms with Crippen molar-refractivity contribution in [1.29, 1.82) is 0 Å². The Morgan fingerprint density at radius 3 is 2.68 bits per heavy atom. The fourth-order valence-electron chi connectivity index (χ4n) is 3.35. The SMILES string of the molecule is Cn1c(CO[C@H]2CN(C(=O)COc3ccccc3)C[C@H]2F)nc2ccccc21. The summed E-state index contributed by atoms with van der Waals surface area (Å²) in [5.74, 6) is 1.09. The molecule has 0 unspecified atom stereocenters. The highest BCUT2D eigenvalue weighted by atomic mass is 19.1. The van der Waals surface area contributed by atoms with Crippen LogP contribution in [-0.2, 0) is 23.2 Å². The predicted octanol–water partition coefficient (Wildman–Crippen LogP) is 2.72. The van der Waals surface area contributed by atoms with Gasteiger partial charge in [-0.2, -0.15) is 0 Å². The summed E-state index contributed by atoms with van der Waals surface area (Å²) in [6, 6.07) is 16.9. The number of alkyl halides is 1. The van der Waals surface area contributed by atoms with Gasteiger partial charge in [0.1, 0.15) is 30.5 Å². The third-order valence-corrected chi connectivity index (χ3v) is 4.96. The average molecular weight is 383 g/mol. The fourth-order valence-corrected chi connectivity index (χ4v) is 3.35.